The predicted octanol–water partition coefficient (Wildman–Crippen LogP) is 6.15. The van der Waals surface area contributed by atoms with E-state index in [0.29, 0.717) is 56.5 Å². The van der Waals surface area contributed by atoms with Crippen molar-refractivity contribution in [3.8, 4) is 12.1 Å². The molecule has 1 saturated heterocycles. The average molecular weight is 752 g/mol. The van der Waals surface area contributed by atoms with Gasteiger partial charge < -0.3 is 23.5 Å². The van der Waals surface area contributed by atoms with Crippen molar-refractivity contribution < 1.29 is 27.7 Å². The lowest BCUT2D eigenvalue weighted by atomic mass is 9.92. The van der Waals surface area contributed by atoms with Crippen molar-refractivity contribution in [3.63, 3.8) is 0 Å². The average Bonchev–Trinajstić information content (AvgIpc) is 3.57. The smallest absolute Gasteiger partial charge is 0.383 e. The topological polar surface area (TPSA) is 157 Å². The molecule has 0 radical (unpaired) electrons. The normalized spacial score (nSPS) is 16.9. The second kappa shape index (κ2) is 18.8. The highest BCUT2D eigenvalue weighted by atomic mass is 35.5. The Kier molecular flexibility index (Phi) is 14.5. The van der Waals surface area contributed by atoms with Crippen LogP contribution in [0.1, 0.15) is 55.1 Å². The van der Waals surface area contributed by atoms with Crippen LogP contribution in [-0.4, -0.2) is 72.0 Å². The molecular formula is C36H40Cl2N6O6Si. The van der Waals surface area contributed by atoms with Gasteiger partial charge in [-0.15, -0.1) is 0 Å². The fraction of sp³-hybridized carbons (Fsp3) is 0.361. The molecule has 3 aromatic carbocycles. The van der Waals surface area contributed by atoms with Crippen molar-refractivity contribution in [2.75, 3.05) is 41.5 Å². The molecule has 268 valence electrons. The number of ketones is 1. The molecule has 0 bridgehead atoms. The van der Waals surface area contributed by atoms with Crippen LogP contribution >= 0.6 is 23.2 Å². The quantitative estimate of drug-likeness (QED) is 0.0630. The summed E-state index contributed by atoms with van der Waals surface area (Å²) in [7, 11) is -2.97. The summed E-state index contributed by atoms with van der Waals surface area (Å²) in [5.41, 5.74) is 0.591. The van der Waals surface area contributed by atoms with Gasteiger partial charge in [-0.3, -0.25) is 24.6 Å². The number of para-hydroxylation sites is 2. The molecule has 1 fully saturated rings. The van der Waals surface area contributed by atoms with E-state index in [0.717, 1.165) is 0 Å². The van der Waals surface area contributed by atoms with E-state index in [-0.39, 0.29) is 45.4 Å². The van der Waals surface area contributed by atoms with Gasteiger partial charge >= 0.3 is 8.80 Å². The molecule has 0 saturated carbocycles. The number of carbonyl (C=O) groups excluding carboxylic acids is 3. The first-order chi connectivity index (χ1) is 24.7. The summed E-state index contributed by atoms with van der Waals surface area (Å²) in [5, 5.41) is 26.3. The van der Waals surface area contributed by atoms with E-state index >= 15 is 0 Å². The van der Waals surface area contributed by atoms with Gasteiger partial charge in [-0.2, -0.15) is 10.5 Å². The molecule has 3 aromatic rings. The number of hydrogen-bond donors (Lipinski definition) is 2. The summed E-state index contributed by atoms with van der Waals surface area (Å²) in [6.45, 7) is 7.13. The van der Waals surface area contributed by atoms with Gasteiger partial charge in [-0.05, 0) is 51.5 Å². The van der Waals surface area contributed by atoms with Gasteiger partial charge in [0.2, 0.25) is 12.8 Å². The molecule has 2 unspecified atom stereocenters. The number of halogens is 2. The molecule has 3 atom stereocenters. The van der Waals surface area contributed by atoms with Crippen LogP contribution in [0.2, 0.25) is 16.1 Å². The van der Waals surface area contributed by atoms with Crippen molar-refractivity contribution in [2.24, 2.45) is 0 Å². The maximum atomic E-state index is 14.7. The van der Waals surface area contributed by atoms with E-state index in [2.05, 4.69) is 10.6 Å². The maximum absolute atomic E-state index is 14.7. The van der Waals surface area contributed by atoms with Crippen LogP contribution in [0.15, 0.2) is 60.7 Å². The largest absolute Gasteiger partial charge is 0.500 e. The van der Waals surface area contributed by atoms with Gasteiger partial charge in [-0.25, -0.2) is 0 Å². The lowest BCUT2D eigenvalue weighted by molar-refractivity contribution is -0.108. The maximum Gasteiger partial charge on any atom is 0.500 e. The molecule has 12 nitrogen and oxygen atoms in total. The monoisotopic (exact) mass is 750 g/mol. The third kappa shape index (κ3) is 8.77. The second-order valence-electron chi connectivity index (χ2n) is 11.4. The number of Topliss-reactive ketones (excluding diaryl/α,β-unsaturated/α-hetero) is 1. The molecular weight excluding hydrogens is 711 g/mol. The van der Waals surface area contributed by atoms with Crippen LogP contribution in [0, 0.1) is 22.7 Å². The van der Waals surface area contributed by atoms with Crippen molar-refractivity contribution in [1.82, 2.24) is 5.32 Å². The number of amides is 2. The standard InChI is InChI=1S/C36H40Cl2N6O6Si/c1-4-48-51(49-5-2,50-6-3)19-13-18-41-34-28(22-40)32(37)27(21-39)31(33(34)38)36(47)35-29(43(23-45)25-14-9-7-10-15-25)20-30(42-35)44(24-46)26-16-11-8-12-17-26/h7-12,14-17,23-24,29-30,35,41-42H,4-6,13,18-20H2,1-3H3/t29?,30?,35-/m0/s1. The summed E-state index contributed by atoms with van der Waals surface area (Å²) in [5.74, 6) is -0.643. The Morgan fingerprint density at radius 2 is 1.41 bits per heavy atom. The highest BCUT2D eigenvalue weighted by molar-refractivity contribution is 6.60. The van der Waals surface area contributed by atoms with Crippen LogP contribution in [0.4, 0.5) is 17.1 Å². The molecule has 0 aliphatic carbocycles. The van der Waals surface area contributed by atoms with E-state index in [1.165, 1.54) is 9.80 Å². The van der Waals surface area contributed by atoms with Crippen molar-refractivity contribution in [1.29, 1.82) is 10.5 Å². The first-order valence-electron chi connectivity index (χ1n) is 16.6. The molecule has 51 heavy (non-hydrogen) atoms. The molecule has 2 N–H and O–H groups in total. The lowest BCUT2D eigenvalue weighted by Crippen LogP contribution is -2.50. The first-order valence-corrected chi connectivity index (χ1v) is 19.3. The van der Waals surface area contributed by atoms with E-state index < -0.39 is 32.8 Å². The lowest BCUT2D eigenvalue weighted by Gasteiger charge is -2.29. The SMILES string of the molecule is CCO[Si](CCCNc1c(Cl)c(C(=O)[C@H]2NC(N(C=O)c3ccccc3)CC2N(C=O)c2ccccc2)c(C#N)c(Cl)c1C#N)(OCC)OCC. The van der Waals surface area contributed by atoms with Crippen LogP contribution in [-0.2, 0) is 22.9 Å². The third-order valence-electron chi connectivity index (χ3n) is 8.44. The Hall–Kier alpha value is -4.31. The van der Waals surface area contributed by atoms with Gasteiger partial charge in [0.25, 0.3) is 0 Å². The van der Waals surface area contributed by atoms with Crippen LogP contribution in [0.5, 0.6) is 0 Å². The van der Waals surface area contributed by atoms with E-state index in [1.54, 1.807) is 54.6 Å². The summed E-state index contributed by atoms with van der Waals surface area (Å²) >= 11 is 13.6. The van der Waals surface area contributed by atoms with Crippen molar-refractivity contribution in [2.45, 2.75) is 57.9 Å². The summed E-state index contributed by atoms with van der Waals surface area (Å²) in [4.78, 5) is 42.7. The Bertz CT molecular complexity index is 1740. The van der Waals surface area contributed by atoms with Gasteiger partial charge in [0.15, 0.2) is 5.78 Å². The summed E-state index contributed by atoms with van der Waals surface area (Å²) in [6, 6.07) is 20.1. The highest BCUT2D eigenvalue weighted by Gasteiger charge is 2.46. The number of anilines is 3. The fourth-order valence-electron chi connectivity index (χ4n) is 6.29. The van der Waals surface area contributed by atoms with E-state index in [9.17, 15) is 24.9 Å². The minimum absolute atomic E-state index is 0.0863. The van der Waals surface area contributed by atoms with E-state index in [1.807, 2.05) is 39.0 Å². The molecule has 0 aromatic heterocycles. The Morgan fingerprint density at radius 3 is 1.90 bits per heavy atom. The van der Waals surface area contributed by atoms with Gasteiger partial charge in [0, 0.05) is 50.2 Å². The number of carbonyl (C=O) groups is 3. The molecule has 0 spiro atoms. The minimum atomic E-state index is -2.97. The molecule has 1 heterocycles. The van der Waals surface area contributed by atoms with E-state index in [4.69, 9.17) is 36.5 Å². The van der Waals surface area contributed by atoms with Crippen molar-refractivity contribution >= 4 is 67.7 Å². The van der Waals surface area contributed by atoms with Crippen LogP contribution < -0.4 is 20.4 Å². The number of nitrogens with zero attached hydrogens (tertiary/aromatic N) is 4. The number of rotatable bonds is 19. The summed E-state index contributed by atoms with van der Waals surface area (Å²) < 4.78 is 17.8. The Balaban J connectivity index is 1.75. The zero-order valence-corrected chi connectivity index (χ0v) is 31.1. The van der Waals surface area contributed by atoms with Crippen molar-refractivity contribution in [3.05, 3.63) is 87.4 Å². The fourth-order valence-corrected chi connectivity index (χ4v) is 9.52. The predicted molar refractivity (Wildman–Crippen MR) is 198 cm³/mol. The minimum Gasteiger partial charge on any atom is -0.383 e. The Morgan fingerprint density at radius 1 is 0.882 bits per heavy atom. The molecule has 1 aliphatic heterocycles. The first kappa shape index (κ1) is 39.5. The third-order valence-corrected chi connectivity index (χ3v) is 12.3. The Labute approximate surface area is 309 Å². The van der Waals surface area contributed by atoms with Crippen LogP contribution in [0.25, 0.3) is 0 Å². The number of benzene rings is 3. The molecule has 4 rings (SSSR count). The number of hydrogen-bond acceptors (Lipinski definition) is 10. The number of nitriles is 2. The molecule has 2 amide bonds. The molecule has 15 heteroatoms. The van der Waals surface area contributed by atoms with Crippen LogP contribution in [0.3, 0.4) is 0 Å². The zero-order chi connectivity index (χ0) is 37.0. The van der Waals surface area contributed by atoms with Gasteiger partial charge in [0.1, 0.15) is 12.1 Å². The zero-order valence-electron chi connectivity index (χ0n) is 28.6. The second-order valence-corrected chi connectivity index (χ2v) is 14.9. The molecule has 1 aliphatic rings. The summed E-state index contributed by atoms with van der Waals surface area (Å²) in [6.07, 6.45) is 1.20. The highest BCUT2D eigenvalue weighted by Crippen LogP contribution is 2.40. The van der Waals surface area contributed by atoms with Gasteiger partial charge in [-0.1, -0.05) is 59.6 Å². The number of nitrogens with one attached hydrogen (secondary N) is 2. The van der Waals surface area contributed by atoms with Gasteiger partial charge in [0.05, 0.1) is 50.7 Å².